The van der Waals surface area contributed by atoms with Crippen LogP contribution >= 0.6 is 11.8 Å². The summed E-state index contributed by atoms with van der Waals surface area (Å²) in [5.74, 6) is 0.958. The van der Waals surface area contributed by atoms with Crippen molar-refractivity contribution in [3.63, 3.8) is 0 Å². The quantitative estimate of drug-likeness (QED) is 0.874. The van der Waals surface area contributed by atoms with Crippen LogP contribution in [0.1, 0.15) is 18.1 Å². The van der Waals surface area contributed by atoms with E-state index in [1.165, 1.54) is 22.4 Å². The van der Waals surface area contributed by atoms with Crippen molar-refractivity contribution in [3.8, 4) is 5.75 Å². The molecule has 0 saturated heterocycles. The molecule has 1 heterocycles. The van der Waals surface area contributed by atoms with Gasteiger partial charge in [0.1, 0.15) is 5.75 Å². The molecule has 0 bridgehead atoms. The van der Waals surface area contributed by atoms with Gasteiger partial charge in [-0.25, -0.2) is 0 Å². The lowest BCUT2D eigenvalue weighted by Crippen LogP contribution is -2.24. The molecule has 0 saturated carbocycles. The van der Waals surface area contributed by atoms with E-state index in [-0.39, 0.29) is 0 Å². The molecule has 2 aromatic carbocycles. The Morgan fingerprint density at radius 2 is 2.10 bits per heavy atom. The Morgan fingerprint density at radius 3 is 2.95 bits per heavy atom. The third kappa shape index (κ3) is 3.80. The van der Waals surface area contributed by atoms with Gasteiger partial charge < -0.3 is 10.1 Å². The van der Waals surface area contributed by atoms with E-state index in [0.717, 1.165) is 18.8 Å². The van der Waals surface area contributed by atoms with Crippen LogP contribution in [-0.4, -0.2) is 18.4 Å². The first-order chi connectivity index (χ1) is 10.3. The van der Waals surface area contributed by atoms with Crippen LogP contribution in [0.4, 0.5) is 0 Å². The van der Waals surface area contributed by atoms with E-state index in [9.17, 15) is 0 Å². The maximum absolute atomic E-state index is 5.54. The molecule has 0 spiro atoms. The average molecular weight is 299 g/mol. The third-order valence-corrected chi connectivity index (χ3v) is 4.94. The molecule has 1 unspecified atom stereocenters. The van der Waals surface area contributed by atoms with Gasteiger partial charge in [-0.2, -0.15) is 0 Å². The summed E-state index contributed by atoms with van der Waals surface area (Å²) in [6.45, 7) is 4.67. The number of thioether (sulfide) groups is 1. The molecule has 0 fully saturated rings. The van der Waals surface area contributed by atoms with Crippen molar-refractivity contribution in [3.05, 3.63) is 59.7 Å². The van der Waals surface area contributed by atoms with Crippen molar-refractivity contribution in [2.45, 2.75) is 30.0 Å². The van der Waals surface area contributed by atoms with E-state index >= 15 is 0 Å². The SMILES string of the molecule is CCOc1cccc(CNCC2Cc3ccccc3S2)c1. The van der Waals surface area contributed by atoms with Crippen molar-refractivity contribution in [1.82, 2.24) is 5.32 Å². The summed E-state index contributed by atoms with van der Waals surface area (Å²) in [4.78, 5) is 1.45. The highest BCUT2D eigenvalue weighted by atomic mass is 32.2. The van der Waals surface area contributed by atoms with Crippen LogP contribution in [0.5, 0.6) is 5.75 Å². The Kier molecular flexibility index (Phi) is 4.84. The van der Waals surface area contributed by atoms with Crippen LogP contribution in [0.25, 0.3) is 0 Å². The molecule has 2 nitrogen and oxygen atoms in total. The molecule has 3 rings (SSSR count). The number of hydrogen-bond donors (Lipinski definition) is 1. The molecule has 1 N–H and O–H groups in total. The van der Waals surface area contributed by atoms with E-state index in [2.05, 4.69) is 47.8 Å². The normalized spacial score (nSPS) is 16.7. The first-order valence-electron chi connectivity index (χ1n) is 7.52. The number of benzene rings is 2. The highest BCUT2D eigenvalue weighted by Gasteiger charge is 2.20. The molecule has 0 aliphatic carbocycles. The Hall–Kier alpha value is -1.45. The molecule has 21 heavy (non-hydrogen) atoms. The minimum atomic E-state index is 0.650. The molecule has 0 aromatic heterocycles. The molecule has 1 atom stereocenters. The Morgan fingerprint density at radius 1 is 1.19 bits per heavy atom. The first kappa shape index (κ1) is 14.5. The van der Waals surface area contributed by atoms with Gasteiger partial charge in [0.15, 0.2) is 0 Å². The predicted molar refractivity (Wildman–Crippen MR) is 89.1 cm³/mol. The number of fused-ring (bicyclic) bond motifs is 1. The summed E-state index contributed by atoms with van der Waals surface area (Å²) in [6.07, 6.45) is 1.17. The van der Waals surface area contributed by atoms with E-state index in [1.54, 1.807) is 0 Å². The smallest absolute Gasteiger partial charge is 0.119 e. The van der Waals surface area contributed by atoms with Gasteiger partial charge >= 0.3 is 0 Å². The standard InChI is InChI=1S/C18H21NOS/c1-2-20-16-8-5-6-14(10-16)12-19-13-17-11-15-7-3-4-9-18(15)21-17/h3-10,17,19H,2,11-13H2,1H3. The molecule has 1 aliphatic rings. The summed E-state index contributed by atoms with van der Waals surface area (Å²) in [5.41, 5.74) is 2.77. The van der Waals surface area contributed by atoms with Crippen LogP contribution < -0.4 is 10.1 Å². The topological polar surface area (TPSA) is 21.3 Å². The van der Waals surface area contributed by atoms with Gasteiger partial charge in [0.25, 0.3) is 0 Å². The van der Waals surface area contributed by atoms with Gasteiger partial charge in [0.2, 0.25) is 0 Å². The molecular formula is C18H21NOS. The minimum absolute atomic E-state index is 0.650. The minimum Gasteiger partial charge on any atom is -0.494 e. The van der Waals surface area contributed by atoms with E-state index in [4.69, 9.17) is 4.74 Å². The summed E-state index contributed by atoms with van der Waals surface area (Å²) in [7, 11) is 0. The lowest BCUT2D eigenvalue weighted by molar-refractivity contribution is 0.340. The van der Waals surface area contributed by atoms with Gasteiger partial charge in [-0.3, -0.25) is 0 Å². The number of ether oxygens (including phenoxy) is 1. The van der Waals surface area contributed by atoms with Gasteiger partial charge in [-0.1, -0.05) is 30.3 Å². The van der Waals surface area contributed by atoms with Crippen LogP contribution in [0, 0.1) is 0 Å². The van der Waals surface area contributed by atoms with E-state index in [0.29, 0.717) is 11.9 Å². The maximum Gasteiger partial charge on any atom is 0.119 e. The largest absolute Gasteiger partial charge is 0.494 e. The van der Waals surface area contributed by atoms with Crippen molar-refractivity contribution in [1.29, 1.82) is 0 Å². The van der Waals surface area contributed by atoms with Crippen LogP contribution in [0.3, 0.4) is 0 Å². The second-order valence-electron chi connectivity index (χ2n) is 5.26. The molecule has 0 amide bonds. The number of rotatable bonds is 6. The van der Waals surface area contributed by atoms with Crippen LogP contribution in [0.2, 0.25) is 0 Å². The maximum atomic E-state index is 5.54. The Labute approximate surface area is 130 Å². The lowest BCUT2D eigenvalue weighted by atomic mass is 10.1. The van der Waals surface area contributed by atoms with Crippen molar-refractivity contribution in [2.24, 2.45) is 0 Å². The first-order valence-corrected chi connectivity index (χ1v) is 8.40. The molecule has 0 radical (unpaired) electrons. The van der Waals surface area contributed by atoms with Gasteiger partial charge in [-0.15, -0.1) is 11.8 Å². The Balaban J connectivity index is 1.48. The fourth-order valence-corrected chi connectivity index (χ4v) is 3.94. The molecule has 1 aliphatic heterocycles. The zero-order chi connectivity index (χ0) is 14.5. The number of hydrogen-bond acceptors (Lipinski definition) is 3. The van der Waals surface area contributed by atoms with Gasteiger partial charge in [-0.05, 0) is 42.7 Å². The molecular weight excluding hydrogens is 278 g/mol. The molecule has 3 heteroatoms. The lowest BCUT2D eigenvalue weighted by Gasteiger charge is -2.11. The van der Waals surface area contributed by atoms with Crippen molar-refractivity contribution < 1.29 is 4.74 Å². The number of nitrogens with one attached hydrogen (secondary N) is 1. The van der Waals surface area contributed by atoms with Crippen molar-refractivity contribution in [2.75, 3.05) is 13.2 Å². The average Bonchev–Trinajstić information content (AvgIpc) is 2.91. The van der Waals surface area contributed by atoms with E-state index in [1.807, 2.05) is 24.8 Å². The van der Waals surface area contributed by atoms with Gasteiger partial charge in [0, 0.05) is 23.2 Å². The van der Waals surface area contributed by atoms with E-state index < -0.39 is 0 Å². The zero-order valence-corrected chi connectivity index (χ0v) is 13.2. The zero-order valence-electron chi connectivity index (χ0n) is 12.3. The molecule has 110 valence electrons. The highest BCUT2D eigenvalue weighted by molar-refractivity contribution is 8.00. The summed E-state index contributed by atoms with van der Waals surface area (Å²) < 4.78 is 5.54. The second-order valence-corrected chi connectivity index (χ2v) is 6.61. The van der Waals surface area contributed by atoms with Crippen molar-refractivity contribution >= 4 is 11.8 Å². The second kappa shape index (κ2) is 7.01. The fraction of sp³-hybridized carbons (Fsp3) is 0.333. The third-order valence-electron chi connectivity index (χ3n) is 3.62. The fourth-order valence-electron chi connectivity index (χ4n) is 2.66. The molecule has 2 aromatic rings. The summed E-state index contributed by atoms with van der Waals surface area (Å²) in [6, 6.07) is 17.1. The highest BCUT2D eigenvalue weighted by Crippen LogP contribution is 2.36. The summed E-state index contributed by atoms with van der Waals surface area (Å²) >= 11 is 2.00. The van der Waals surface area contributed by atoms with Crippen LogP contribution in [0.15, 0.2) is 53.4 Å². The predicted octanol–water partition coefficient (Wildman–Crippen LogP) is 3.89. The monoisotopic (exact) mass is 299 g/mol. The van der Waals surface area contributed by atoms with Gasteiger partial charge in [0.05, 0.1) is 6.61 Å². The summed E-state index contributed by atoms with van der Waals surface area (Å²) in [5, 5.41) is 4.22. The van der Waals surface area contributed by atoms with Crippen LogP contribution in [-0.2, 0) is 13.0 Å². The Bertz CT molecular complexity index is 574.